The molecule has 0 saturated heterocycles. The van der Waals surface area contributed by atoms with Crippen LogP contribution in [0.5, 0.6) is 23.0 Å². The summed E-state index contributed by atoms with van der Waals surface area (Å²) in [5.74, 6) is 0.871. The zero-order valence-electron chi connectivity index (χ0n) is 18.2. The van der Waals surface area contributed by atoms with Crippen molar-refractivity contribution in [2.24, 2.45) is 0 Å². The Labute approximate surface area is 181 Å². The Morgan fingerprint density at radius 1 is 1.10 bits per heavy atom. The van der Waals surface area contributed by atoms with Gasteiger partial charge in [0.25, 0.3) is 0 Å². The second-order valence-electron chi connectivity index (χ2n) is 7.84. The third-order valence-electron chi connectivity index (χ3n) is 5.69. The van der Waals surface area contributed by atoms with Crippen LogP contribution < -0.4 is 18.9 Å². The molecule has 2 aromatic carbocycles. The van der Waals surface area contributed by atoms with Gasteiger partial charge < -0.3 is 24.1 Å². The Hall–Kier alpha value is -3.25. The Balaban J connectivity index is 1.68. The topological polar surface area (TPSA) is 74.2 Å². The summed E-state index contributed by atoms with van der Waals surface area (Å²) in [6.07, 6.45) is 3.02. The molecule has 1 aliphatic carbocycles. The molecule has 2 aliphatic rings. The fourth-order valence-corrected chi connectivity index (χ4v) is 3.98. The third-order valence-corrected chi connectivity index (χ3v) is 5.69. The lowest BCUT2D eigenvalue weighted by atomic mass is 9.82. The molecular formula is C25H26O6. The highest BCUT2D eigenvalue weighted by Crippen LogP contribution is 2.49. The number of carbonyl (C=O) groups is 1. The summed E-state index contributed by atoms with van der Waals surface area (Å²) in [6, 6.07) is 11.2. The zero-order valence-corrected chi connectivity index (χ0v) is 18.2. The van der Waals surface area contributed by atoms with Crippen LogP contribution in [-0.4, -0.2) is 30.9 Å². The first-order valence-electron chi connectivity index (χ1n) is 10.2. The third kappa shape index (κ3) is 4.03. The fraction of sp³-hybridized carbons (Fsp3) is 0.320. The van der Waals surface area contributed by atoms with Crippen LogP contribution >= 0.6 is 0 Å². The van der Waals surface area contributed by atoms with Crippen LogP contribution in [0, 0.1) is 0 Å². The first kappa shape index (κ1) is 21.0. The Bertz CT molecular complexity index is 1080. The number of methoxy groups -OCH3 is 2. The summed E-state index contributed by atoms with van der Waals surface area (Å²) < 4.78 is 22.7. The average molecular weight is 422 g/mol. The van der Waals surface area contributed by atoms with Gasteiger partial charge in [-0.1, -0.05) is 12.1 Å². The highest BCUT2D eigenvalue weighted by Gasteiger charge is 2.38. The average Bonchev–Trinajstić information content (AvgIpc) is 2.77. The lowest BCUT2D eigenvalue weighted by Gasteiger charge is -2.37. The lowest BCUT2D eigenvalue weighted by Crippen LogP contribution is -2.38. The van der Waals surface area contributed by atoms with E-state index in [1.54, 1.807) is 40.2 Å². The van der Waals surface area contributed by atoms with Crippen molar-refractivity contribution < 1.29 is 28.8 Å². The minimum absolute atomic E-state index is 0.00741. The number of hydrogen-bond donors (Lipinski definition) is 1. The Morgan fingerprint density at radius 3 is 2.48 bits per heavy atom. The molecule has 4 rings (SSSR count). The summed E-state index contributed by atoms with van der Waals surface area (Å²) in [5, 5.41) is 11.0. The molecule has 6 heteroatoms. The van der Waals surface area contributed by atoms with Gasteiger partial charge in [0.15, 0.2) is 17.3 Å². The maximum absolute atomic E-state index is 11.8. The Morgan fingerprint density at radius 2 is 1.84 bits per heavy atom. The van der Waals surface area contributed by atoms with Crippen molar-refractivity contribution in [3.05, 3.63) is 64.7 Å². The van der Waals surface area contributed by atoms with Crippen molar-refractivity contribution in [1.82, 2.24) is 0 Å². The number of carbonyl (C=O) groups excluding carboxylic acids is 1. The van der Waals surface area contributed by atoms with Crippen molar-refractivity contribution >= 4 is 11.4 Å². The number of ketones is 1. The summed E-state index contributed by atoms with van der Waals surface area (Å²) in [4.78, 5) is 11.8. The molecule has 2 aromatic rings. The quantitative estimate of drug-likeness (QED) is 0.742. The number of hydrogen-bond acceptors (Lipinski definition) is 6. The number of aliphatic hydroxyl groups is 1. The van der Waals surface area contributed by atoms with E-state index in [1.807, 2.05) is 30.3 Å². The SMILES string of the molecule is COc1ccc(COc2cc3c(cc2OC)C2=C(C=C(C(C)=O)CC2)C(C)(O)O3)cc1. The normalized spacial score (nSPS) is 19.6. The van der Waals surface area contributed by atoms with E-state index in [-0.39, 0.29) is 5.78 Å². The molecule has 0 aromatic heterocycles. The minimum Gasteiger partial charge on any atom is -0.497 e. The number of fused-ring (bicyclic) bond motifs is 2. The van der Waals surface area contributed by atoms with E-state index in [0.29, 0.717) is 47.8 Å². The first-order valence-corrected chi connectivity index (χ1v) is 10.2. The van der Waals surface area contributed by atoms with Gasteiger partial charge in [-0.3, -0.25) is 4.79 Å². The highest BCUT2D eigenvalue weighted by molar-refractivity contribution is 5.96. The van der Waals surface area contributed by atoms with Gasteiger partial charge in [0.2, 0.25) is 5.79 Å². The number of rotatable bonds is 6. The lowest BCUT2D eigenvalue weighted by molar-refractivity contribution is -0.113. The van der Waals surface area contributed by atoms with Gasteiger partial charge in [-0.05, 0) is 60.8 Å². The number of allylic oxidation sites excluding steroid dienone is 2. The van der Waals surface area contributed by atoms with Crippen molar-refractivity contribution in [1.29, 1.82) is 0 Å². The van der Waals surface area contributed by atoms with Crippen molar-refractivity contribution in [3.63, 3.8) is 0 Å². The van der Waals surface area contributed by atoms with Gasteiger partial charge in [-0.25, -0.2) is 0 Å². The summed E-state index contributed by atoms with van der Waals surface area (Å²) >= 11 is 0. The maximum Gasteiger partial charge on any atom is 0.232 e. The smallest absolute Gasteiger partial charge is 0.232 e. The molecule has 0 spiro atoms. The standard InChI is InChI=1S/C25H26O6/c1-15(26)17-7-10-19-20-12-23(29-4)24(13-22(20)31-25(2,27)21(19)11-17)30-14-16-5-8-18(28-3)9-6-16/h5-6,8-9,11-13,27H,7,10,14H2,1-4H3. The molecule has 1 aliphatic heterocycles. The first-order chi connectivity index (χ1) is 14.8. The van der Waals surface area contributed by atoms with Gasteiger partial charge >= 0.3 is 0 Å². The second kappa shape index (κ2) is 8.12. The molecule has 1 heterocycles. The molecule has 162 valence electrons. The van der Waals surface area contributed by atoms with Gasteiger partial charge in [-0.15, -0.1) is 0 Å². The van der Waals surface area contributed by atoms with Crippen molar-refractivity contribution in [3.8, 4) is 23.0 Å². The molecular weight excluding hydrogens is 396 g/mol. The van der Waals surface area contributed by atoms with Crippen LogP contribution in [0.15, 0.2) is 53.6 Å². The largest absolute Gasteiger partial charge is 0.497 e. The van der Waals surface area contributed by atoms with Crippen LogP contribution in [0.2, 0.25) is 0 Å². The summed E-state index contributed by atoms with van der Waals surface area (Å²) in [5.41, 5.74) is 4.08. The van der Waals surface area contributed by atoms with Crippen LogP contribution in [-0.2, 0) is 11.4 Å². The van der Waals surface area contributed by atoms with E-state index in [4.69, 9.17) is 18.9 Å². The van der Waals surface area contributed by atoms with E-state index >= 15 is 0 Å². The molecule has 1 atom stereocenters. The predicted octanol–water partition coefficient (Wildman–Crippen LogP) is 4.45. The van der Waals surface area contributed by atoms with E-state index in [0.717, 1.165) is 22.4 Å². The molecule has 0 saturated carbocycles. The van der Waals surface area contributed by atoms with Crippen LogP contribution in [0.3, 0.4) is 0 Å². The molecule has 0 amide bonds. The molecule has 0 fully saturated rings. The van der Waals surface area contributed by atoms with E-state index in [9.17, 15) is 9.90 Å². The predicted molar refractivity (Wildman–Crippen MR) is 116 cm³/mol. The number of Topliss-reactive ketones (excluding diaryl/α,β-unsaturated/α-hetero) is 1. The van der Waals surface area contributed by atoms with Gasteiger partial charge in [0, 0.05) is 24.1 Å². The van der Waals surface area contributed by atoms with Crippen molar-refractivity contribution in [2.75, 3.05) is 14.2 Å². The second-order valence-corrected chi connectivity index (χ2v) is 7.84. The van der Waals surface area contributed by atoms with Gasteiger partial charge in [-0.2, -0.15) is 0 Å². The maximum atomic E-state index is 11.8. The fourth-order valence-electron chi connectivity index (χ4n) is 3.98. The number of benzene rings is 2. The van der Waals surface area contributed by atoms with E-state index in [1.165, 1.54) is 0 Å². The summed E-state index contributed by atoms with van der Waals surface area (Å²) in [6.45, 7) is 3.47. The van der Waals surface area contributed by atoms with Gasteiger partial charge in [0.05, 0.1) is 14.2 Å². The molecule has 1 N–H and O–H groups in total. The van der Waals surface area contributed by atoms with E-state index < -0.39 is 5.79 Å². The Kier molecular flexibility index (Phi) is 5.50. The molecule has 6 nitrogen and oxygen atoms in total. The monoisotopic (exact) mass is 422 g/mol. The summed E-state index contributed by atoms with van der Waals surface area (Å²) in [7, 11) is 3.22. The molecule has 1 unspecified atom stereocenters. The molecule has 0 radical (unpaired) electrons. The minimum atomic E-state index is -1.54. The number of ether oxygens (including phenoxy) is 4. The highest BCUT2D eigenvalue weighted by atomic mass is 16.6. The molecule has 0 bridgehead atoms. The zero-order chi connectivity index (χ0) is 22.2. The van der Waals surface area contributed by atoms with Crippen LogP contribution in [0.25, 0.3) is 5.57 Å². The van der Waals surface area contributed by atoms with Crippen molar-refractivity contribution in [2.45, 2.75) is 39.1 Å². The van der Waals surface area contributed by atoms with Crippen LogP contribution in [0.4, 0.5) is 0 Å². The molecule has 31 heavy (non-hydrogen) atoms. The van der Waals surface area contributed by atoms with Gasteiger partial charge in [0.1, 0.15) is 18.1 Å². The van der Waals surface area contributed by atoms with E-state index in [2.05, 4.69) is 0 Å². The van der Waals surface area contributed by atoms with Crippen LogP contribution in [0.1, 0.15) is 37.8 Å².